The van der Waals surface area contributed by atoms with Gasteiger partial charge in [-0.25, -0.2) is 0 Å². The molecule has 1 saturated heterocycles. The van der Waals surface area contributed by atoms with Gasteiger partial charge in [0.25, 0.3) is 0 Å². The minimum Gasteiger partial charge on any atom is -0.497 e. The minimum absolute atomic E-state index is 0.0376. The van der Waals surface area contributed by atoms with E-state index in [1.165, 1.54) is 7.11 Å². The van der Waals surface area contributed by atoms with Crippen molar-refractivity contribution in [2.24, 2.45) is 0 Å². The largest absolute Gasteiger partial charge is 0.497 e. The summed E-state index contributed by atoms with van der Waals surface area (Å²) in [6.07, 6.45) is 1.71. The SMILES string of the molecule is COC(=O)CCC(=O)N1CCC2(CC1)CC(=O)c1cc(OC)ccc1O2. The number of Topliss-reactive ketones (excluding diaryl/α,β-unsaturated/α-hetero) is 1. The van der Waals surface area contributed by atoms with E-state index in [0.29, 0.717) is 49.4 Å². The third-order valence-corrected chi connectivity index (χ3v) is 5.09. The fraction of sp³-hybridized carbons (Fsp3) is 0.526. The lowest BCUT2D eigenvalue weighted by Crippen LogP contribution is -2.52. The van der Waals surface area contributed by atoms with Crippen LogP contribution in [0.3, 0.4) is 0 Å². The number of benzene rings is 1. The monoisotopic (exact) mass is 361 g/mol. The van der Waals surface area contributed by atoms with Crippen molar-refractivity contribution in [3.8, 4) is 11.5 Å². The molecule has 1 aromatic rings. The number of amides is 1. The molecule has 0 radical (unpaired) electrons. The number of ether oxygens (including phenoxy) is 3. The topological polar surface area (TPSA) is 82.1 Å². The maximum absolute atomic E-state index is 12.6. The maximum Gasteiger partial charge on any atom is 0.306 e. The van der Waals surface area contributed by atoms with Crippen LogP contribution in [0.2, 0.25) is 0 Å². The van der Waals surface area contributed by atoms with Crippen molar-refractivity contribution in [2.45, 2.75) is 37.7 Å². The molecule has 0 saturated carbocycles. The summed E-state index contributed by atoms with van der Waals surface area (Å²) >= 11 is 0. The lowest BCUT2D eigenvalue weighted by molar-refractivity contribution is -0.144. The van der Waals surface area contributed by atoms with Gasteiger partial charge in [0.1, 0.15) is 17.1 Å². The summed E-state index contributed by atoms with van der Waals surface area (Å²) in [5, 5.41) is 0. The van der Waals surface area contributed by atoms with Crippen molar-refractivity contribution < 1.29 is 28.6 Å². The number of rotatable bonds is 4. The molecule has 7 nitrogen and oxygen atoms in total. The van der Waals surface area contributed by atoms with E-state index in [2.05, 4.69) is 4.74 Å². The first-order valence-corrected chi connectivity index (χ1v) is 8.71. The first kappa shape index (κ1) is 18.2. The molecule has 2 heterocycles. The zero-order chi connectivity index (χ0) is 18.7. The van der Waals surface area contributed by atoms with Crippen LogP contribution in [-0.2, 0) is 14.3 Å². The minimum atomic E-state index is -0.558. The zero-order valence-electron chi connectivity index (χ0n) is 15.1. The second kappa shape index (κ2) is 7.35. The highest BCUT2D eigenvalue weighted by molar-refractivity contribution is 6.00. The van der Waals surface area contributed by atoms with Gasteiger partial charge >= 0.3 is 5.97 Å². The van der Waals surface area contributed by atoms with Crippen LogP contribution in [0.1, 0.15) is 42.5 Å². The van der Waals surface area contributed by atoms with E-state index in [1.54, 1.807) is 30.2 Å². The molecule has 1 fully saturated rings. The molecule has 1 amide bonds. The van der Waals surface area contributed by atoms with Crippen LogP contribution in [0.25, 0.3) is 0 Å². The molecule has 3 rings (SSSR count). The number of esters is 1. The van der Waals surface area contributed by atoms with E-state index >= 15 is 0 Å². The van der Waals surface area contributed by atoms with Crippen molar-refractivity contribution in [2.75, 3.05) is 27.3 Å². The molecule has 2 aliphatic heterocycles. The number of methoxy groups -OCH3 is 2. The molecule has 0 N–H and O–H groups in total. The van der Waals surface area contributed by atoms with Crippen LogP contribution in [0.5, 0.6) is 11.5 Å². The van der Waals surface area contributed by atoms with Crippen molar-refractivity contribution >= 4 is 17.7 Å². The molecule has 2 aliphatic rings. The predicted octanol–water partition coefficient (Wildman–Crippen LogP) is 1.97. The number of nitrogens with zero attached hydrogens (tertiary/aromatic N) is 1. The maximum atomic E-state index is 12.6. The van der Waals surface area contributed by atoms with Crippen LogP contribution in [0.4, 0.5) is 0 Å². The summed E-state index contributed by atoms with van der Waals surface area (Å²) in [5.74, 6) is 0.781. The van der Waals surface area contributed by atoms with Crippen LogP contribution in [-0.4, -0.2) is 55.5 Å². The number of hydrogen-bond acceptors (Lipinski definition) is 6. The second-order valence-corrected chi connectivity index (χ2v) is 6.70. The molecule has 1 spiro atoms. The van der Waals surface area contributed by atoms with Gasteiger partial charge in [-0.05, 0) is 18.2 Å². The Kier molecular flexibility index (Phi) is 5.15. The van der Waals surface area contributed by atoms with Gasteiger partial charge in [0, 0.05) is 32.4 Å². The molecule has 7 heteroatoms. The van der Waals surface area contributed by atoms with Gasteiger partial charge < -0.3 is 19.1 Å². The molecule has 140 valence electrons. The molecule has 0 aliphatic carbocycles. The molecule has 0 unspecified atom stereocenters. The van der Waals surface area contributed by atoms with E-state index in [-0.39, 0.29) is 30.5 Å². The van der Waals surface area contributed by atoms with E-state index < -0.39 is 5.60 Å². The third-order valence-electron chi connectivity index (χ3n) is 5.09. The van der Waals surface area contributed by atoms with Gasteiger partial charge in [-0.3, -0.25) is 14.4 Å². The lowest BCUT2D eigenvalue weighted by Gasteiger charge is -2.44. The average Bonchev–Trinajstić information content (AvgIpc) is 2.66. The first-order chi connectivity index (χ1) is 12.5. The van der Waals surface area contributed by atoms with Crippen LogP contribution < -0.4 is 9.47 Å². The number of fused-ring (bicyclic) bond motifs is 1. The molecule has 0 aromatic heterocycles. The Labute approximate surface area is 152 Å². The highest BCUT2D eigenvalue weighted by Crippen LogP contribution is 2.40. The Morgan fingerprint density at radius 1 is 1.19 bits per heavy atom. The van der Waals surface area contributed by atoms with Gasteiger partial charge in [0.05, 0.1) is 32.6 Å². The number of carbonyl (C=O) groups excluding carboxylic acids is 3. The third kappa shape index (κ3) is 3.66. The van der Waals surface area contributed by atoms with E-state index in [9.17, 15) is 14.4 Å². The summed E-state index contributed by atoms with van der Waals surface area (Å²) < 4.78 is 15.9. The number of likely N-dealkylation sites (tertiary alicyclic amines) is 1. The number of hydrogen-bond donors (Lipinski definition) is 0. The van der Waals surface area contributed by atoms with Crippen molar-refractivity contribution in [3.05, 3.63) is 23.8 Å². The Morgan fingerprint density at radius 2 is 1.92 bits per heavy atom. The van der Waals surface area contributed by atoms with Gasteiger partial charge in [-0.15, -0.1) is 0 Å². The van der Waals surface area contributed by atoms with Crippen molar-refractivity contribution in [1.82, 2.24) is 4.90 Å². The molecule has 0 bridgehead atoms. The van der Waals surface area contributed by atoms with E-state index in [4.69, 9.17) is 9.47 Å². The Hall–Kier alpha value is -2.57. The predicted molar refractivity (Wildman–Crippen MR) is 92.4 cm³/mol. The van der Waals surface area contributed by atoms with Crippen LogP contribution in [0, 0.1) is 0 Å². The van der Waals surface area contributed by atoms with Crippen LogP contribution in [0.15, 0.2) is 18.2 Å². The van der Waals surface area contributed by atoms with Gasteiger partial charge in [-0.2, -0.15) is 0 Å². The van der Waals surface area contributed by atoms with Gasteiger partial charge in [0.15, 0.2) is 5.78 Å². The fourth-order valence-electron chi connectivity index (χ4n) is 3.51. The summed E-state index contributed by atoms with van der Waals surface area (Å²) in [7, 11) is 2.87. The normalized spacial score (nSPS) is 18.1. The Balaban J connectivity index is 1.63. The Bertz CT molecular complexity index is 721. The number of ketones is 1. The zero-order valence-corrected chi connectivity index (χ0v) is 15.1. The standard InChI is InChI=1S/C19H23NO6/c1-24-13-3-4-16-14(11-13)15(21)12-19(26-16)7-9-20(10-8-19)17(22)5-6-18(23)25-2/h3-4,11H,5-10,12H2,1-2H3. The highest BCUT2D eigenvalue weighted by atomic mass is 16.5. The smallest absolute Gasteiger partial charge is 0.306 e. The quantitative estimate of drug-likeness (QED) is 0.763. The van der Waals surface area contributed by atoms with E-state index in [1.807, 2.05) is 0 Å². The van der Waals surface area contributed by atoms with Gasteiger partial charge in [-0.1, -0.05) is 0 Å². The van der Waals surface area contributed by atoms with Crippen LogP contribution >= 0.6 is 0 Å². The number of piperidine rings is 1. The lowest BCUT2D eigenvalue weighted by atomic mass is 9.82. The first-order valence-electron chi connectivity index (χ1n) is 8.71. The highest BCUT2D eigenvalue weighted by Gasteiger charge is 2.43. The summed E-state index contributed by atoms with van der Waals surface area (Å²) in [6.45, 7) is 1.03. The average molecular weight is 361 g/mol. The summed E-state index contributed by atoms with van der Waals surface area (Å²) in [5.41, 5.74) is -0.01000. The van der Waals surface area contributed by atoms with E-state index in [0.717, 1.165) is 0 Å². The van der Waals surface area contributed by atoms with Crippen molar-refractivity contribution in [1.29, 1.82) is 0 Å². The molecular formula is C19H23NO6. The second-order valence-electron chi connectivity index (χ2n) is 6.70. The van der Waals surface area contributed by atoms with Gasteiger partial charge in [0.2, 0.25) is 5.91 Å². The molecular weight excluding hydrogens is 338 g/mol. The number of carbonyl (C=O) groups is 3. The fourth-order valence-corrected chi connectivity index (χ4v) is 3.51. The molecule has 26 heavy (non-hydrogen) atoms. The molecule has 0 atom stereocenters. The molecule has 1 aromatic carbocycles. The summed E-state index contributed by atoms with van der Waals surface area (Å²) in [6, 6.07) is 5.24. The van der Waals surface area contributed by atoms with Crippen molar-refractivity contribution in [3.63, 3.8) is 0 Å². The Morgan fingerprint density at radius 3 is 2.58 bits per heavy atom. The summed E-state index contributed by atoms with van der Waals surface area (Å²) in [4.78, 5) is 37.7.